The third-order valence-electron chi connectivity index (χ3n) is 4.66. The number of amides is 1. The van der Waals surface area contributed by atoms with Crippen LogP contribution in [-0.2, 0) is 11.8 Å². The minimum absolute atomic E-state index is 0.0916. The molecule has 1 aliphatic heterocycles. The number of aromatic nitrogens is 3. The Kier molecular flexibility index (Phi) is 2.98. The lowest BCUT2D eigenvalue weighted by Crippen LogP contribution is -2.27. The van der Waals surface area contributed by atoms with Crippen molar-refractivity contribution in [2.75, 3.05) is 11.4 Å². The number of fused-ring (bicyclic) bond motifs is 2. The van der Waals surface area contributed by atoms with Crippen molar-refractivity contribution in [2.24, 2.45) is 7.05 Å². The van der Waals surface area contributed by atoms with Gasteiger partial charge in [0.05, 0.1) is 17.0 Å². The topological polar surface area (TPSA) is 51.0 Å². The van der Waals surface area contributed by atoms with E-state index < -0.39 is 0 Å². The highest BCUT2D eigenvalue weighted by Crippen LogP contribution is 2.40. The number of imidazole rings is 1. The maximum absolute atomic E-state index is 12.4. The van der Waals surface area contributed by atoms with Crippen LogP contribution in [0.4, 0.5) is 5.69 Å². The summed E-state index contributed by atoms with van der Waals surface area (Å²) >= 11 is 0. The molecule has 0 spiro atoms. The summed E-state index contributed by atoms with van der Waals surface area (Å²) in [5.41, 5.74) is 5.02. The second-order valence-corrected chi connectivity index (χ2v) is 5.94. The quantitative estimate of drug-likeness (QED) is 0.731. The summed E-state index contributed by atoms with van der Waals surface area (Å²) in [5, 5.41) is 0. The van der Waals surface area contributed by atoms with Crippen LogP contribution in [0.2, 0.25) is 0 Å². The monoisotopic (exact) mass is 306 g/mol. The van der Waals surface area contributed by atoms with Gasteiger partial charge >= 0.3 is 0 Å². The summed E-state index contributed by atoms with van der Waals surface area (Å²) in [6, 6.07) is 8.06. The first-order valence-electron chi connectivity index (χ1n) is 7.84. The first-order chi connectivity index (χ1) is 11.1. The van der Waals surface area contributed by atoms with Crippen molar-refractivity contribution in [2.45, 2.75) is 19.8 Å². The molecule has 1 unspecified atom stereocenters. The summed E-state index contributed by atoms with van der Waals surface area (Å²) in [4.78, 5) is 23.1. The molecule has 1 aromatic carbocycles. The van der Waals surface area contributed by atoms with Gasteiger partial charge in [0.25, 0.3) is 0 Å². The van der Waals surface area contributed by atoms with Crippen molar-refractivity contribution in [3.63, 3.8) is 0 Å². The van der Waals surface area contributed by atoms with Gasteiger partial charge in [-0.05, 0) is 43.7 Å². The van der Waals surface area contributed by atoms with E-state index in [0.29, 0.717) is 6.54 Å². The molecule has 2 aromatic heterocycles. The van der Waals surface area contributed by atoms with E-state index in [0.717, 1.165) is 33.7 Å². The van der Waals surface area contributed by atoms with Crippen molar-refractivity contribution < 1.29 is 4.79 Å². The van der Waals surface area contributed by atoms with Crippen molar-refractivity contribution in [3.8, 4) is 11.4 Å². The third kappa shape index (κ3) is 1.89. The van der Waals surface area contributed by atoms with E-state index in [1.54, 1.807) is 6.20 Å². The standard InChI is InChI=1S/C18H18N4O/c1-4-22-15-9-14-16(8-13(15)11(2)18(22)23)21(3)17(20-14)12-6-5-7-19-10-12/h5-11H,4H2,1-3H3. The Morgan fingerprint density at radius 2 is 2.13 bits per heavy atom. The van der Waals surface area contributed by atoms with Crippen molar-refractivity contribution in [3.05, 3.63) is 42.2 Å². The summed E-state index contributed by atoms with van der Waals surface area (Å²) in [5.74, 6) is 0.968. The van der Waals surface area contributed by atoms with Gasteiger partial charge in [-0.2, -0.15) is 0 Å². The second-order valence-electron chi connectivity index (χ2n) is 5.94. The van der Waals surface area contributed by atoms with E-state index in [-0.39, 0.29) is 11.8 Å². The number of carbonyl (C=O) groups is 1. The normalized spacial score (nSPS) is 17.1. The molecular weight excluding hydrogens is 288 g/mol. The predicted molar refractivity (Wildman–Crippen MR) is 90.4 cm³/mol. The summed E-state index contributed by atoms with van der Waals surface area (Å²) < 4.78 is 2.07. The maximum atomic E-state index is 12.4. The molecule has 0 saturated heterocycles. The number of anilines is 1. The first kappa shape index (κ1) is 13.9. The van der Waals surface area contributed by atoms with Crippen molar-refractivity contribution >= 4 is 22.6 Å². The number of hydrogen-bond donors (Lipinski definition) is 0. The van der Waals surface area contributed by atoms with Crippen LogP contribution in [0.3, 0.4) is 0 Å². The van der Waals surface area contributed by atoms with Gasteiger partial charge in [0.15, 0.2) is 0 Å². The van der Waals surface area contributed by atoms with Crippen LogP contribution in [0, 0.1) is 0 Å². The van der Waals surface area contributed by atoms with Crippen LogP contribution in [-0.4, -0.2) is 27.0 Å². The fourth-order valence-electron chi connectivity index (χ4n) is 3.39. The smallest absolute Gasteiger partial charge is 0.234 e. The van der Waals surface area contributed by atoms with Gasteiger partial charge in [-0.1, -0.05) is 0 Å². The van der Waals surface area contributed by atoms with Crippen LogP contribution >= 0.6 is 0 Å². The van der Waals surface area contributed by atoms with Crippen molar-refractivity contribution in [1.29, 1.82) is 0 Å². The molecular formula is C18H18N4O. The third-order valence-corrected chi connectivity index (χ3v) is 4.66. The van der Waals surface area contributed by atoms with Gasteiger partial charge in [0, 0.05) is 37.2 Å². The molecule has 3 heterocycles. The molecule has 5 nitrogen and oxygen atoms in total. The number of rotatable bonds is 2. The zero-order valence-electron chi connectivity index (χ0n) is 13.4. The fourth-order valence-corrected chi connectivity index (χ4v) is 3.39. The molecule has 0 radical (unpaired) electrons. The highest BCUT2D eigenvalue weighted by molar-refractivity contribution is 6.07. The van der Waals surface area contributed by atoms with Crippen LogP contribution < -0.4 is 4.90 Å². The second kappa shape index (κ2) is 4.91. The highest BCUT2D eigenvalue weighted by Gasteiger charge is 2.34. The van der Waals surface area contributed by atoms with Gasteiger partial charge in [-0.15, -0.1) is 0 Å². The van der Waals surface area contributed by atoms with Gasteiger partial charge in [0.2, 0.25) is 5.91 Å². The van der Waals surface area contributed by atoms with Gasteiger partial charge < -0.3 is 9.47 Å². The van der Waals surface area contributed by atoms with E-state index in [4.69, 9.17) is 4.98 Å². The molecule has 4 rings (SSSR count). The summed E-state index contributed by atoms with van der Waals surface area (Å²) in [6.07, 6.45) is 3.58. The summed E-state index contributed by atoms with van der Waals surface area (Å²) in [7, 11) is 2.00. The summed E-state index contributed by atoms with van der Waals surface area (Å²) in [6.45, 7) is 4.66. The highest BCUT2D eigenvalue weighted by atomic mass is 16.2. The Bertz CT molecular complexity index is 914. The largest absolute Gasteiger partial charge is 0.327 e. The number of likely N-dealkylation sites (N-methyl/N-ethyl adjacent to an activating group) is 1. The van der Waals surface area contributed by atoms with Crippen LogP contribution in [0.5, 0.6) is 0 Å². The molecule has 3 aromatic rings. The molecule has 0 fully saturated rings. The molecule has 0 saturated carbocycles. The zero-order chi connectivity index (χ0) is 16.1. The number of hydrogen-bond acceptors (Lipinski definition) is 3. The number of nitrogens with zero attached hydrogens (tertiary/aromatic N) is 4. The molecule has 23 heavy (non-hydrogen) atoms. The minimum atomic E-state index is -0.0916. The van der Waals surface area contributed by atoms with E-state index in [1.807, 2.05) is 50.2 Å². The lowest BCUT2D eigenvalue weighted by Gasteiger charge is -2.14. The Morgan fingerprint density at radius 1 is 1.30 bits per heavy atom. The zero-order valence-corrected chi connectivity index (χ0v) is 13.4. The van der Waals surface area contributed by atoms with Gasteiger partial charge in [-0.3, -0.25) is 9.78 Å². The van der Waals surface area contributed by atoms with Crippen LogP contribution in [0.1, 0.15) is 25.3 Å². The Morgan fingerprint density at radius 3 is 2.83 bits per heavy atom. The van der Waals surface area contributed by atoms with Crippen LogP contribution in [0.25, 0.3) is 22.4 Å². The van der Waals surface area contributed by atoms with E-state index in [1.165, 1.54) is 0 Å². The molecule has 1 amide bonds. The Hall–Kier alpha value is -2.69. The number of carbonyl (C=O) groups excluding carboxylic acids is 1. The van der Waals surface area contributed by atoms with E-state index >= 15 is 0 Å². The average Bonchev–Trinajstić information content (AvgIpc) is 3.02. The van der Waals surface area contributed by atoms with Gasteiger partial charge in [0.1, 0.15) is 5.82 Å². The average molecular weight is 306 g/mol. The fraction of sp³-hybridized carbons (Fsp3) is 0.278. The van der Waals surface area contributed by atoms with E-state index in [2.05, 4.69) is 15.6 Å². The molecule has 0 aliphatic carbocycles. The molecule has 116 valence electrons. The molecule has 1 aliphatic rings. The molecule has 5 heteroatoms. The molecule has 0 N–H and O–H groups in total. The van der Waals surface area contributed by atoms with Crippen LogP contribution in [0.15, 0.2) is 36.7 Å². The SMILES string of the molecule is CCN1C(=O)C(C)c2cc3c(cc21)nc(-c1cccnc1)n3C. The predicted octanol–water partition coefficient (Wildman–Crippen LogP) is 3.11. The minimum Gasteiger partial charge on any atom is -0.327 e. The van der Waals surface area contributed by atoms with Gasteiger partial charge in [-0.25, -0.2) is 4.98 Å². The maximum Gasteiger partial charge on any atom is 0.234 e. The number of pyridine rings is 1. The number of benzene rings is 1. The Balaban J connectivity index is 1.95. The lowest BCUT2D eigenvalue weighted by atomic mass is 10.0. The Labute approximate surface area is 134 Å². The van der Waals surface area contributed by atoms with Crippen molar-refractivity contribution in [1.82, 2.24) is 14.5 Å². The molecule has 0 bridgehead atoms. The first-order valence-corrected chi connectivity index (χ1v) is 7.84. The number of aryl methyl sites for hydroxylation is 1. The van der Waals surface area contributed by atoms with E-state index in [9.17, 15) is 4.79 Å². The molecule has 1 atom stereocenters. The lowest BCUT2D eigenvalue weighted by molar-refractivity contribution is -0.118.